The van der Waals surface area contributed by atoms with Crippen LogP contribution in [0.25, 0.3) is 0 Å². The molecule has 0 atom stereocenters. The van der Waals surface area contributed by atoms with E-state index in [1.54, 1.807) is 0 Å². The molecule has 0 aromatic heterocycles. The molecule has 1 saturated carbocycles. The normalized spacial score (nSPS) is 16.5. The second-order valence-electron chi connectivity index (χ2n) is 6.73. The molecule has 0 spiro atoms. The largest absolute Gasteiger partial charge is 0.326 e. The molecule has 112 valence electrons. The van der Waals surface area contributed by atoms with Gasteiger partial charge in [0, 0.05) is 25.7 Å². The summed E-state index contributed by atoms with van der Waals surface area (Å²) in [6, 6.07) is 7.51. The van der Waals surface area contributed by atoms with E-state index in [2.05, 4.69) is 43.9 Å². The molecule has 1 fully saturated rings. The number of rotatable bonds is 6. The van der Waals surface area contributed by atoms with Gasteiger partial charge in [0.25, 0.3) is 0 Å². The topological polar surface area (TPSA) is 29.3 Å². The van der Waals surface area contributed by atoms with Gasteiger partial charge in [-0.3, -0.25) is 4.90 Å². The lowest BCUT2D eigenvalue weighted by Crippen LogP contribution is -2.35. The van der Waals surface area contributed by atoms with Crippen LogP contribution in [-0.4, -0.2) is 17.5 Å². The summed E-state index contributed by atoms with van der Waals surface area (Å²) in [6.07, 6.45) is 5.58. The number of hydrogen-bond donors (Lipinski definition) is 1. The van der Waals surface area contributed by atoms with Gasteiger partial charge in [0.2, 0.25) is 0 Å². The lowest BCUT2D eigenvalue weighted by molar-refractivity contribution is 0.168. The molecule has 2 heteroatoms. The third-order valence-corrected chi connectivity index (χ3v) is 4.46. The number of aryl methyl sites for hydroxylation is 1. The van der Waals surface area contributed by atoms with Crippen molar-refractivity contribution >= 4 is 0 Å². The average Bonchev–Trinajstić information content (AvgIpc) is 2.93. The Morgan fingerprint density at radius 2 is 1.95 bits per heavy atom. The molecule has 0 aliphatic heterocycles. The highest BCUT2D eigenvalue weighted by Gasteiger charge is 2.23. The Balaban J connectivity index is 2.10. The van der Waals surface area contributed by atoms with Crippen LogP contribution in [0.1, 0.15) is 56.2 Å². The van der Waals surface area contributed by atoms with E-state index in [4.69, 9.17) is 5.73 Å². The molecule has 2 rings (SSSR count). The Morgan fingerprint density at radius 3 is 2.50 bits per heavy atom. The third kappa shape index (κ3) is 4.07. The van der Waals surface area contributed by atoms with Gasteiger partial charge in [0.05, 0.1) is 0 Å². The molecule has 0 saturated heterocycles. The van der Waals surface area contributed by atoms with Crippen molar-refractivity contribution in [2.75, 3.05) is 6.54 Å². The number of nitrogens with two attached hydrogens (primary N) is 1. The van der Waals surface area contributed by atoms with E-state index in [0.29, 0.717) is 6.54 Å². The Bertz CT molecular complexity index is 419. The fourth-order valence-electron chi connectivity index (χ4n) is 3.36. The number of nitrogens with zero attached hydrogens (tertiary/aromatic N) is 1. The van der Waals surface area contributed by atoms with Gasteiger partial charge in [-0.15, -0.1) is 0 Å². The Labute approximate surface area is 124 Å². The summed E-state index contributed by atoms with van der Waals surface area (Å²) in [5.74, 6) is 0.735. The van der Waals surface area contributed by atoms with Crippen molar-refractivity contribution in [2.24, 2.45) is 11.7 Å². The monoisotopic (exact) mass is 274 g/mol. The summed E-state index contributed by atoms with van der Waals surface area (Å²) >= 11 is 0. The van der Waals surface area contributed by atoms with Crippen molar-refractivity contribution in [3.8, 4) is 0 Å². The first-order valence-electron chi connectivity index (χ1n) is 8.12. The van der Waals surface area contributed by atoms with Gasteiger partial charge in [0.1, 0.15) is 0 Å². The van der Waals surface area contributed by atoms with Crippen molar-refractivity contribution in [1.29, 1.82) is 0 Å². The average molecular weight is 274 g/mol. The smallest absolute Gasteiger partial charge is 0.0239 e. The summed E-state index contributed by atoms with van der Waals surface area (Å²) in [7, 11) is 0. The van der Waals surface area contributed by atoms with Crippen LogP contribution in [0.4, 0.5) is 0 Å². The van der Waals surface area contributed by atoms with Gasteiger partial charge in [-0.25, -0.2) is 0 Å². The molecule has 20 heavy (non-hydrogen) atoms. The summed E-state index contributed by atoms with van der Waals surface area (Å²) in [6.45, 7) is 9.82. The van der Waals surface area contributed by atoms with Crippen LogP contribution in [0.15, 0.2) is 18.2 Å². The SMILES string of the molecule is Cc1cc(CN)ccc1CN(CC(C)C)C1CCCC1. The van der Waals surface area contributed by atoms with Gasteiger partial charge in [-0.05, 0) is 42.4 Å². The first-order chi connectivity index (χ1) is 9.60. The van der Waals surface area contributed by atoms with Crippen LogP contribution in [-0.2, 0) is 13.1 Å². The predicted molar refractivity (Wildman–Crippen MR) is 86.6 cm³/mol. The van der Waals surface area contributed by atoms with Gasteiger partial charge >= 0.3 is 0 Å². The second kappa shape index (κ2) is 7.24. The minimum Gasteiger partial charge on any atom is -0.326 e. The molecule has 2 nitrogen and oxygen atoms in total. The van der Waals surface area contributed by atoms with Crippen molar-refractivity contribution in [2.45, 2.75) is 65.6 Å². The summed E-state index contributed by atoms with van der Waals surface area (Å²) in [5.41, 5.74) is 9.82. The lowest BCUT2D eigenvalue weighted by Gasteiger charge is -2.31. The molecule has 2 N–H and O–H groups in total. The minimum absolute atomic E-state index is 0.638. The van der Waals surface area contributed by atoms with Crippen LogP contribution in [0.5, 0.6) is 0 Å². The zero-order chi connectivity index (χ0) is 14.5. The zero-order valence-electron chi connectivity index (χ0n) is 13.4. The van der Waals surface area contributed by atoms with E-state index in [1.807, 2.05) is 0 Å². The highest BCUT2D eigenvalue weighted by atomic mass is 15.2. The van der Waals surface area contributed by atoms with Crippen LogP contribution >= 0.6 is 0 Å². The zero-order valence-corrected chi connectivity index (χ0v) is 13.4. The Morgan fingerprint density at radius 1 is 1.25 bits per heavy atom. The molecule has 0 heterocycles. The van der Waals surface area contributed by atoms with E-state index in [1.165, 1.54) is 48.9 Å². The third-order valence-electron chi connectivity index (χ3n) is 4.46. The fourth-order valence-corrected chi connectivity index (χ4v) is 3.36. The summed E-state index contributed by atoms with van der Waals surface area (Å²) in [4.78, 5) is 2.71. The number of benzene rings is 1. The molecule has 0 amide bonds. The molecular formula is C18H30N2. The maximum Gasteiger partial charge on any atom is 0.0239 e. The molecule has 1 aliphatic carbocycles. The highest BCUT2D eigenvalue weighted by Crippen LogP contribution is 2.26. The predicted octanol–water partition coefficient (Wildman–Crippen LogP) is 3.85. The minimum atomic E-state index is 0.638. The van der Waals surface area contributed by atoms with Crippen molar-refractivity contribution in [3.63, 3.8) is 0 Å². The van der Waals surface area contributed by atoms with Gasteiger partial charge in [0.15, 0.2) is 0 Å². The fraction of sp³-hybridized carbons (Fsp3) is 0.667. The van der Waals surface area contributed by atoms with Crippen LogP contribution in [0, 0.1) is 12.8 Å². The van der Waals surface area contributed by atoms with Crippen molar-refractivity contribution in [1.82, 2.24) is 4.90 Å². The Kier molecular flexibility index (Phi) is 5.62. The standard InChI is InChI=1S/C18H30N2/c1-14(2)12-20(18-6-4-5-7-18)13-17-9-8-16(11-19)10-15(17)3/h8-10,14,18H,4-7,11-13,19H2,1-3H3. The van der Waals surface area contributed by atoms with Gasteiger partial charge in [-0.1, -0.05) is 44.9 Å². The van der Waals surface area contributed by atoms with Crippen LogP contribution in [0.3, 0.4) is 0 Å². The molecular weight excluding hydrogens is 244 g/mol. The van der Waals surface area contributed by atoms with Gasteiger partial charge in [-0.2, -0.15) is 0 Å². The molecule has 0 bridgehead atoms. The first kappa shape index (κ1) is 15.5. The molecule has 1 aromatic carbocycles. The van der Waals surface area contributed by atoms with Crippen LogP contribution in [0.2, 0.25) is 0 Å². The second-order valence-corrected chi connectivity index (χ2v) is 6.73. The quantitative estimate of drug-likeness (QED) is 0.853. The molecule has 0 radical (unpaired) electrons. The molecule has 0 unspecified atom stereocenters. The first-order valence-corrected chi connectivity index (χ1v) is 8.12. The molecule has 1 aromatic rings. The highest BCUT2D eigenvalue weighted by molar-refractivity contribution is 5.31. The van der Waals surface area contributed by atoms with Crippen molar-refractivity contribution < 1.29 is 0 Å². The summed E-state index contributed by atoms with van der Waals surface area (Å²) in [5, 5.41) is 0. The van der Waals surface area contributed by atoms with Gasteiger partial charge < -0.3 is 5.73 Å². The summed E-state index contributed by atoms with van der Waals surface area (Å²) < 4.78 is 0. The van der Waals surface area contributed by atoms with E-state index >= 15 is 0 Å². The van der Waals surface area contributed by atoms with Crippen molar-refractivity contribution in [3.05, 3.63) is 34.9 Å². The molecule has 1 aliphatic rings. The van der Waals surface area contributed by atoms with E-state index in [0.717, 1.165) is 18.5 Å². The van der Waals surface area contributed by atoms with Crippen LogP contribution < -0.4 is 5.73 Å². The number of hydrogen-bond acceptors (Lipinski definition) is 2. The maximum absolute atomic E-state index is 5.73. The lowest BCUT2D eigenvalue weighted by atomic mass is 10.0. The Hall–Kier alpha value is -0.860. The maximum atomic E-state index is 5.73. The van der Waals surface area contributed by atoms with E-state index < -0.39 is 0 Å². The van der Waals surface area contributed by atoms with E-state index in [-0.39, 0.29) is 0 Å². The van der Waals surface area contributed by atoms with E-state index in [9.17, 15) is 0 Å².